The molecule has 2 aliphatic rings. The molecule has 6 nitrogen and oxygen atoms in total. The molecule has 0 N–H and O–H groups in total. The van der Waals surface area contributed by atoms with Crippen molar-refractivity contribution in [1.29, 1.82) is 0 Å². The first-order chi connectivity index (χ1) is 11.1. The molecule has 0 saturated carbocycles. The van der Waals surface area contributed by atoms with Gasteiger partial charge in [0.05, 0.1) is 5.51 Å². The van der Waals surface area contributed by atoms with Gasteiger partial charge in [-0.1, -0.05) is 0 Å². The Balaban J connectivity index is 1.46. The molecule has 2 atom stereocenters. The summed E-state index contributed by atoms with van der Waals surface area (Å²) in [6.45, 7) is 7.66. The van der Waals surface area contributed by atoms with Gasteiger partial charge in [-0.3, -0.25) is 4.79 Å². The van der Waals surface area contributed by atoms with Crippen molar-refractivity contribution in [2.24, 2.45) is 11.8 Å². The molecule has 120 valence electrons. The molecule has 0 spiro atoms. The molecule has 23 heavy (non-hydrogen) atoms. The summed E-state index contributed by atoms with van der Waals surface area (Å²) in [5, 5.41) is 1.83. The zero-order valence-electron chi connectivity index (χ0n) is 13.3. The normalized spacial score (nSPS) is 23.4. The standard InChI is InChI=1S/C16H19N5OS/c1-10-11(2)17-8-18-15(10)20-3-12-5-21(6-13(12)4-20)16(22)14-7-23-9-19-14/h7-9,12-13H,3-6H2,1-2H3. The molecule has 2 unspecified atom stereocenters. The van der Waals surface area contributed by atoms with Gasteiger partial charge in [-0.15, -0.1) is 11.3 Å². The van der Waals surface area contributed by atoms with E-state index in [0.29, 0.717) is 17.5 Å². The predicted molar refractivity (Wildman–Crippen MR) is 88.7 cm³/mol. The molecule has 2 fully saturated rings. The number of aromatic nitrogens is 3. The molecule has 2 aromatic heterocycles. The Hall–Kier alpha value is -2.02. The molecule has 0 aliphatic carbocycles. The third kappa shape index (κ3) is 2.49. The van der Waals surface area contributed by atoms with Crippen molar-refractivity contribution >= 4 is 23.1 Å². The average Bonchev–Trinajstić information content (AvgIpc) is 3.24. The SMILES string of the molecule is Cc1ncnc(N2CC3CN(C(=O)c4cscn4)CC3C2)c1C. The lowest BCUT2D eigenvalue weighted by molar-refractivity contribution is 0.0777. The van der Waals surface area contributed by atoms with Crippen molar-refractivity contribution in [1.82, 2.24) is 19.9 Å². The minimum absolute atomic E-state index is 0.0706. The lowest BCUT2D eigenvalue weighted by Crippen LogP contribution is -2.33. The molecular formula is C16H19N5OS. The van der Waals surface area contributed by atoms with E-state index in [1.165, 1.54) is 11.3 Å². The highest BCUT2D eigenvalue weighted by Crippen LogP contribution is 2.35. The number of hydrogen-bond donors (Lipinski definition) is 0. The van der Waals surface area contributed by atoms with E-state index in [2.05, 4.69) is 26.8 Å². The summed E-state index contributed by atoms with van der Waals surface area (Å²) < 4.78 is 0. The van der Waals surface area contributed by atoms with Crippen molar-refractivity contribution < 1.29 is 4.79 Å². The van der Waals surface area contributed by atoms with E-state index in [1.54, 1.807) is 11.8 Å². The molecule has 0 aromatic carbocycles. The second-order valence-electron chi connectivity index (χ2n) is 6.42. The van der Waals surface area contributed by atoms with Gasteiger partial charge in [-0.25, -0.2) is 15.0 Å². The Kier molecular flexibility index (Phi) is 3.52. The van der Waals surface area contributed by atoms with Gasteiger partial charge < -0.3 is 9.80 Å². The fourth-order valence-electron chi connectivity index (χ4n) is 3.66. The van der Waals surface area contributed by atoms with Gasteiger partial charge in [-0.05, 0) is 13.8 Å². The summed E-state index contributed by atoms with van der Waals surface area (Å²) in [6, 6.07) is 0. The van der Waals surface area contributed by atoms with Gasteiger partial charge >= 0.3 is 0 Å². The van der Waals surface area contributed by atoms with Crippen molar-refractivity contribution in [2.75, 3.05) is 31.1 Å². The molecule has 0 radical (unpaired) electrons. The Morgan fingerprint density at radius 1 is 1.13 bits per heavy atom. The number of anilines is 1. The smallest absolute Gasteiger partial charge is 0.273 e. The summed E-state index contributed by atoms with van der Waals surface area (Å²) in [5.41, 5.74) is 4.48. The quantitative estimate of drug-likeness (QED) is 0.840. The monoisotopic (exact) mass is 329 g/mol. The van der Waals surface area contributed by atoms with E-state index in [0.717, 1.165) is 43.3 Å². The Morgan fingerprint density at radius 3 is 2.52 bits per heavy atom. The highest BCUT2D eigenvalue weighted by atomic mass is 32.1. The van der Waals surface area contributed by atoms with Crippen LogP contribution >= 0.6 is 11.3 Å². The topological polar surface area (TPSA) is 62.2 Å². The molecule has 2 aliphatic heterocycles. The van der Waals surface area contributed by atoms with Gasteiger partial charge in [0.1, 0.15) is 17.8 Å². The van der Waals surface area contributed by atoms with E-state index in [9.17, 15) is 4.79 Å². The van der Waals surface area contributed by atoms with Gasteiger partial charge in [-0.2, -0.15) is 0 Å². The van der Waals surface area contributed by atoms with Crippen LogP contribution in [0, 0.1) is 25.7 Å². The van der Waals surface area contributed by atoms with Crippen LogP contribution in [0.4, 0.5) is 5.82 Å². The van der Waals surface area contributed by atoms with Crippen molar-refractivity contribution in [2.45, 2.75) is 13.8 Å². The first-order valence-corrected chi connectivity index (χ1v) is 8.78. The Bertz CT molecular complexity index is 718. The van der Waals surface area contributed by atoms with Crippen LogP contribution < -0.4 is 4.90 Å². The summed E-state index contributed by atoms with van der Waals surface area (Å²) in [5.74, 6) is 2.16. The third-order valence-electron chi connectivity index (χ3n) is 5.03. The molecule has 2 saturated heterocycles. The Labute approximate surface area is 139 Å². The number of likely N-dealkylation sites (tertiary alicyclic amines) is 1. The summed E-state index contributed by atoms with van der Waals surface area (Å²) >= 11 is 1.47. The van der Waals surface area contributed by atoms with Gasteiger partial charge in [0.15, 0.2) is 0 Å². The minimum Gasteiger partial charge on any atom is -0.356 e. The van der Waals surface area contributed by atoms with Crippen LogP contribution in [0.1, 0.15) is 21.7 Å². The first-order valence-electron chi connectivity index (χ1n) is 7.84. The maximum atomic E-state index is 12.4. The lowest BCUT2D eigenvalue weighted by atomic mass is 10.0. The number of carbonyl (C=O) groups excluding carboxylic acids is 1. The number of amides is 1. The summed E-state index contributed by atoms with van der Waals surface area (Å²) in [4.78, 5) is 29.6. The maximum Gasteiger partial charge on any atom is 0.273 e. The Morgan fingerprint density at radius 2 is 1.87 bits per heavy atom. The molecule has 1 amide bonds. The van der Waals surface area contributed by atoms with Crippen LogP contribution in [0.5, 0.6) is 0 Å². The third-order valence-corrected chi connectivity index (χ3v) is 5.62. The molecule has 0 bridgehead atoms. The molecule has 2 aromatic rings. The number of aryl methyl sites for hydroxylation is 1. The largest absolute Gasteiger partial charge is 0.356 e. The molecule has 7 heteroatoms. The van der Waals surface area contributed by atoms with Gasteiger partial charge in [0, 0.05) is 54.7 Å². The second kappa shape index (κ2) is 5.56. The number of rotatable bonds is 2. The number of carbonyl (C=O) groups is 1. The number of fused-ring (bicyclic) bond motifs is 1. The van der Waals surface area contributed by atoms with Crippen LogP contribution in [0.3, 0.4) is 0 Å². The van der Waals surface area contributed by atoms with Crippen molar-refractivity contribution in [3.8, 4) is 0 Å². The molecular weight excluding hydrogens is 310 g/mol. The highest BCUT2D eigenvalue weighted by molar-refractivity contribution is 7.07. The van der Waals surface area contributed by atoms with Gasteiger partial charge in [0.2, 0.25) is 0 Å². The lowest BCUT2D eigenvalue weighted by Gasteiger charge is -2.23. The second-order valence-corrected chi connectivity index (χ2v) is 7.14. The van der Waals surface area contributed by atoms with E-state index in [4.69, 9.17) is 0 Å². The van der Waals surface area contributed by atoms with Crippen molar-refractivity contribution in [3.63, 3.8) is 0 Å². The van der Waals surface area contributed by atoms with Crippen LogP contribution in [-0.2, 0) is 0 Å². The van der Waals surface area contributed by atoms with Crippen LogP contribution in [0.15, 0.2) is 17.2 Å². The average molecular weight is 329 g/mol. The van der Waals surface area contributed by atoms with Gasteiger partial charge in [0.25, 0.3) is 5.91 Å². The van der Waals surface area contributed by atoms with Crippen LogP contribution in [0.2, 0.25) is 0 Å². The van der Waals surface area contributed by atoms with Crippen LogP contribution in [-0.4, -0.2) is 51.9 Å². The fourth-order valence-corrected chi connectivity index (χ4v) is 4.18. The fraction of sp³-hybridized carbons (Fsp3) is 0.500. The van der Waals surface area contributed by atoms with Crippen molar-refractivity contribution in [3.05, 3.63) is 34.2 Å². The van der Waals surface area contributed by atoms with E-state index in [-0.39, 0.29) is 5.91 Å². The van der Waals surface area contributed by atoms with E-state index in [1.807, 2.05) is 17.2 Å². The number of thiazole rings is 1. The van der Waals surface area contributed by atoms with E-state index < -0.39 is 0 Å². The highest BCUT2D eigenvalue weighted by Gasteiger charge is 2.42. The number of hydrogen-bond acceptors (Lipinski definition) is 6. The molecule has 4 rings (SSSR count). The zero-order chi connectivity index (χ0) is 16.0. The minimum atomic E-state index is 0.0706. The number of nitrogens with zero attached hydrogens (tertiary/aromatic N) is 5. The maximum absolute atomic E-state index is 12.4. The molecule has 4 heterocycles. The predicted octanol–water partition coefficient (Wildman–Crippen LogP) is 1.76. The first kappa shape index (κ1) is 14.6. The zero-order valence-corrected chi connectivity index (χ0v) is 14.1. The van der Waals surface area contributed by atoms with Crippen LogP contribution in [0.25, 0.3) is 0 Å². The summed E-state index contributed by atoms with van der Waals surface area (Å²) in [7, 11) is 0. The summed E-state index contributed by atoms with van der Waals surface area (Å²) in [6.07, 6.45) is 1.64. The van der Waals surface area contributed by atoms with E-state index >= 15 is 0 Å².